The number of hydrogen-bond donors (Lipinski definition) is 1. The molecule has 0 radical (unpaired) electrons. The van der Waals surface area contributed by atoms with Crippen LogP contribution in [0.3, 0.4) is 0 Å². The average molecular weight is 288 g/mol. The van der Waals surface area contributed by atoms with Gasteiger partial charge in [-0.15, -0.1) is 0 Å². The maximum absolute atomic E-state index is 13.2. The fraction of sp³-hybridized carbons (Fsp3) is 0.400. The van der Waals surface area contributed by atoms with Gasteiger partial charge in [0.2, 0.25) is 5.95 Å². The zero-order valence-electron chi connectivity index (χ0n) is 12.1. The zero-order chi connectivity index (χ0) is 15.0. The Hall–Kier alpha value is -2.08. The van der Waals surface area contributed by atoms with Crippen LogP contribution in [0.15, 0.2) is 17.1 Å². The molecule has 0 unspecified atom stereocenters. The smallest absolute Gasteiger partial charge is 0.255 e. The molecule has 0 fully saturated rings. The summed E-state index contributed by atoms with van der Waals surface area (Å²) in [5, 5.41) is 0. The van der Waals surface area contributed by atoms with Crippen LogP contribution in [0, 0.1) is 19.8 Å². The Morgan fingerprint density at radius 3 is 3.00 bits per heavy atom. The minimum atomic E-state index is -0.432. The summed E-state index contributed by atoms with van der Waals surface area (Å²) >= 11 is 0. The van der Waals surface area contributed by atoms with Gasteiger partial charge < -0.3 is 4.98 Å². The van der Waals surface area contributed by atoms with E-state index < -0.39 is 5.95 Å². The second kappa shape index (κ2) is 5.37. The van der Waals surface area contributed by atoms with Crippen LogP contribution in [0.1, 0.15) is 28.2 Å². The first-order valence-corrected chi connectivity index (χ1v) is 6.95. The Morgan fingerprint density at radius 2 is 2.24 bits per heavy atom. The van der Waals surface area contributed by atoms with Crippen LogP contribution >= 0.6 is 0 Å². The molecule has 5 nitrogen and oxygen atoms in total. The van der Waals surface area contributed by atoms with Crippen molar-refractivity contribution in [3.05, 3.63) is 56.8 Å². The second-order valence-electron chi connectivity index (χ2n) is 5.49. The van der Waals surface area contributed by atoms with Gasteiger partial charge in [0.15, 0.2) is 0 Å². The minimum absolute atomic E-state index is 0.0596. The molecule has 6 heteroatoms. The first kappa shape index (κ1) is 13.9. The fourth-order valence-corrected chi connectivity index (χ4v) is 2.70. The molecule has 0 atom stereocenters. The Bertz CT molecular complexity index is 741. The summed E-state index contributed by atoms with van der Waals surface area (Å²) in [6.07, 6.45) is 2.31. The third-order valence-corrected chi connectivity index (χ3v) is 3.74. The largest absolute Gasteiger partial charge is 0.310 e. The molecule has 2 aromatic rings. The first-order chi connectivity index (χ1) is 10.0. The van der Waals surface area contributed by atoms with Gasteiger partial charge in [-0.05, 0) is 25.5 Å². The van der Waals surface area contributed by atoms with Crippen LogP contribution in [-0.4, -0.2) is 26.4 Å². The van der Waals surface area contributed by atoms with E-state index in [4.69, 9.17) is 0 Å². The van der Waals surface area contributed by atoms with Crippen LogP contribution in [0.5, 0.6) is 0 Å². The van der Waals surface area contributed by atoms with Gasteiger partial charge in [-0.25, -0.2) is 9.97 Å². The van der Waals surface area contributed by atoms with Crippen LogP contribution in [0.25, 0.3) is 0 Å². The molecule has 1 aliphatic rings. The number of hydrogen-bond acceptors (Lipinski definition) is 4. The van der Waals surface area contributed by atoms with Crippen molar-refractivity contribution in [2.24, 2.45) is 0 Å². The van der Waals surface area contributed by atoms with Gasteiger partial charge in [-0.3, -0.25) is 9.69 Å². The van der Waals surface area contributed by atoms with E-state index in [1.54, 1.807) is 26.1 Å². The quantitative estimate of drug-likeness (QED) is 0.850. The van der Waals surface area contributed by atoms with Crippen LogP contribution < -0.4 is 5.56 Å². The van der Waals surface area contributed by atoms with Crippen molar-refractivity contribution in [3.8, 4) is 0 Å². The van der Waals surface area contributed by atoms with Crippen molar-refractivity contribution < 1.29 is 4.39 Å². The lowest BCUT2D eigenvalue weighted by atomic mass is 10.1. The van der Waals surface area contributed by atoms with E-state index in [2.05, 4.69) is 19.9 Å². The van der Waals surface area contributed by atoms with Crippen molar-refractivity contribution in [2.75, 3.05) is 6.54 Å². The molecule has 3 heterocycles. The van der Waals surface area contributed by atoms with Gasteiger partial charge in [0.25, 0.3) is 5.56 Å². The molecule has 0 saturated carbocycles. The van der Waals surface area contributed by atoms with Crippen LogP contribution in [0.4, 0.5) is 4.39 Å². The van der Waals surface area contributed by atoms with E-state index in [0.29, 0.717) is 24.5 Å². The van der Waals surface area contributed by atoms with Gasteiger partial charge in [-0.2, -0.15) is 4.39 Å². The van der Waals surface area contributed by atoms with Crippen molar-refractivity contribution in [3.63, 3.8) is 0 Å². The topological polar surface area (TPSA) is 61.9 Å². The number of H-pyrrole nitrogens is 1. The number of aryl methyl sites for hydroxylation is 2. The number of halogens is 1. The van der Waals surface area contributed by atoms with E-state index >= 15 is 0 Å². The van der Waals surface area contributed by atoms with Crippen molar-refractivity contribution in [1.29, 1.82) is 0 Å². The molecule has 0 aliphatic carbocycles. The fourth-order valence-electron chi connectivity index (χ4n) is 2.70. The third-order valence-electron chi connectivity index (χ3n) is 3.74. The number of aromatic amines is 1. The molecular formula is C15H17FN4O. The summed E-state index contributed by atoms with van der Waals surface area (Å²) in [6, 6.07) is 1.80. The lowest BCUT2D eigenvalue weighted by molar-refractivity contribution is 0.241. The Morgan fingerprint density at radius 1 is 1.43 bits per heavy atom. The Balaban J connectivity index is 1.80. The molecule has 0 spiro atoms. The summed E-state index contributed by atoms with van der Waals surface area (Å²) in [5.74, 6) is 0.226. The highest BCUT2D eigenvalue weighted by Gasteiger charge is 2.20. The molecular weight excluding hydrogens is 271 g/mol. The number of nitrogens with one attached hydrogen (secondary N) is 1. The summed E-state index contributed by atoms with van der Waals surface area (Å²) < 4.78 is 13.2. The van der Waals surface area contributed by atoms with Gasteiger partial charge >= 0.3 is 0 Å². The molecule has 0 bridgehead atoms. The number of aromatic nitrogens is 3. The minimum Gasteiger partial charge on any atom is -0.310 e. The molecule has 110 valence electrons. The van der Waals surface area contributed by atoms with E-state index in [1.165, 1.54) is 0 Å². The first-order valence-electron chi connectivity index (χ1n) is 6.95. The molecule has 0 aromatic carbocycles. The van der Waals surface area contributed by atoms with E-state index in [9.17, 15) is 9.18 Å². The van der Waals surface area contributed by atoms with Crippen LogP contribution in [-0.2, 0) is 19.5 Å². The average Bonchev–Trinajstić information content (AvgIpc) is 2.43. The lowest BCUT2D eigenvalue weighted by Crippen LogP contribution is -2.35. The normalized spacial score (nSPS) is 15.0. The number of rotatable bonds is 2. The van der Waals surface area contributed by atoms with Crippen molar-refractivity contribution in [2.45, 2.75) is 33.4 Å². The molecule has 0 saturated heterocycles. The standard InChI is InChI=1S/C15H17FN4O/c1-9-5-11(6-17-14(9)16)7-20-4-3-13-12(8-20)15(21)19-10(2)18-13/h5-6H,3-4,7-8H2,1-2H3,(H,18,19,21). The van der Waals surface area contributed by atoms with Gasteiger partial charge in [0.1, 0.15) is 5.82 Å². The monoisotopic (exact) mass is 288 g/mol. The summed E-state index contributed by atoms with van der Waals surface area (Å²) in [5.41, 5.74) is 3.06. The predicted octanol–water partition coefficient (Wildman–Crippen LogP) is 1.48. The Kier molecular flexibility index (Phi) is 3.55. The predicted molar refractivity (Wildman–Crippen MR) is 76.3 cm³/mol. The summed E-state index contributed by atoms with van der Waals surface area (Å²) in [7, 11) is 0. The highest BCUT2D eigenvalue weighted by atomic mass is 19.1. The highest BCUT2D eigenvalue weighted by molar-refractivity contribution is 5.22. The molecule has 1 aliphatic heterocycles. The van der Waals surface area contributed by atoms with E-state index in [-0.39, 0.29) is 5.56 Å². The van der Waals surface area contributed by atoms with Gasteiger partial charge in [0.05, 0.1) is 11.3 Å². The van der Waals surface area contributed by atoms with E-state index in [0.717, 1.165) is 29.8 Å². The van der Waals surface area contributed by atoms with Crippen LogP contribution in [0.2, 0.25) is 0 Å². The van der Waals surface area contributed by atoms with Gasteiger partial charge in [0, 0.05) is 37.8 Å². The molecule has 1 N–H and O–H groups in total. The third kappa shape index (κ3) is 2.85. The zero-order valence-corrected chi connectivity index (χ0v) is 12.1. The number of nitrogens with zero attached hydrogens (tertiary/aromatic N) is 3. The molecule has 2 aromatic heterocycles. The van der Waals surface area contributed by atoms with Crippen molar-refractivity contribution >= 4 is 0 Å². The molecule has 21 heavy (non-hydrogen) atoms. The SMILES string of the molecule is Cc1nc2c(c(=O)[nH]1)CN(Cc1cnc(F)c(C)c1)CC2. The maximum atomic E-state index is 13.2. The maximum Gasteiger partial charge on any atom is 0.255 e. The highest BCUT2D eigenvalue weighted by Crippen LogP contribution is 2.17. The molecule has 0 amide bonds. The van der Waals surface area contributed by atoms with E-state index in [1.807, 2.05) is 0 Å². The number of pyridine rings is 1. The summed E-state index contributed by atoms with van der Waals surface area (Å²) in [4.78, 5) is 25.0. The number of fused-ring (bicyclic) bond motifs is 1. The van der Waals surface area contributed by atoms with Gasteiger partial charge in [-0.1, -0.05) is 0 Å². The summed E-state index contributed by atoms with van der Waals surface area (Å²) in [6.45, 7) is 5.55. The lowest BCUT2D eigenvalue weighted by Gasteiger charge is -2.27. The van der Waals surface area contributed by atoms with Crippen molar-refractivity contribution in [1.82, 2.24) is 19.9 Å². The molecule has 3 rings (SSSR count). The second-order valence-corrected chi connectivity index (χ2v) is 5.49. The Labute approximate surface area is 121 Å².